The van der Waals surface area contributed by atoms with Crippen LogP contribution < -0.4 is 0 Å². The van der Waals surface area contributed by atoms with E-state index in [0.29, 0.717) is 29.2 Å². The Morgan fingerprint density at radius 3 is 2.70 bits per heavy atom. The quantitative estimate of drug-likeness (QED) is 0.461. The summed E-state index contributed by atoms with van der Waals surface area (Å²) in [5, 5.41) is 14.0. The van der Waals surface area contributed by atoms with Crippen molar-refractivity contribution in [2.75, 3.05) is 0 Å². The number of nitrogens with zero attached hydrogens (tertiary/aromatic N) is 4. The fourth-order valence-corrected chi connectivity index (χ4v) is 4.23. The van der Waals surface area contributed by atoms with Gasteiger partial charge in [0.2, 0.25) is 0 Å². The number of carbonyl (C=O) groups excluding carboxylic acids is 1. The molecular weight excluding hydrogens is 396 g/mol. The first-order valence-electron chi connectivity index (χ1n) is 9.87. The molecule has 148 valence electrons. The van der Waals surface area contributed by atoms with E-state index in [0.717, 1.165) is 28.1 Å². The molecule has 0 unspecified atom stereocenters. The van der Waals surface area contributed by atoms with Crippen LogP contribution in [-0.2, 0) is 6.42 Å². The monoisotopic (exact) mass is 414 g/mol. The van der Waals surface area contributed by atoms with Gasteiger partial charge in [0.15, 0.2) is 17.1 Å². The SMILES string of the molecule is Cc1nn2c3c(nnc2c1-c1cccc(Cl)c1)C(=O)C[C@@H](/C=C/c1ccccc1)C3. The summed E-state index contributed by atoms with van der Waals surface area (Å²) in [6.07, 6.45) is 5.29. The predicted molar refractivity (Wildman–Crippen MR) is 118 cm³/mol. The van der Waals surface area contributed by atoms with E-state index >= 15 is 0 Å². The van der Waals surface area contributed by atoms with Crippen molar-refractivity contribution in [2.24, 2.45) is 5.92 Å². The minimum atomic E-state index is 0.00539. The molecule has 1 aliphatic rings. The molecule has 0 aliphatic heterocycles. The third kappa shape index (κ3) is 3.31. The minimum absolute atomic E-state index is 0.00539. The molecular formula is C24H19ClN4O. The first-order valence-corrected chi connectivity index (χ1v) is 10.3. The van der Waals surface area contributed by atoms with E-state index < -0.39 is 0 Å². The minimum Gasteiger partial charge on any atom is -0.292 e. The maximum atomic E-state index is 12.8. The summed E-state index contributed by atoms with van der Waals surface area (Å²) in [5.41, 5.74) is 5.66. The van der Waals surface area contributed by atoms with Crippen molar-refractivity contribution in [3.05, 3.63) is 88.3 Å². The van der Waals surface area contributed by atoms with Gasteiger partial charge < -0.3 is 0 Å². The molecule has 0 amide bonds. The number of hydrogen-bond acceptors (Lipinski definition) is 4. The van der Waals surface area contributed by atoms with Crippen molar-refractivity contribution in [3.63, 3.8) is 0 Å². The Morgan fingerprint density at radius 2 is 1.90 bits per heavy atom. The number of aryl methyl sites for hydroxylation is 1. The molecule has 5 rings (SSSR count). The van der Waals surface area contributed by atoms with Crippen molar-refractivity contribution in [1.82, 2.24) is 19.8 Å². The Balaban J connectivity index is 1.57. The lowest BCUT2D eigenvalue weighted by molar-refractivity contribution is 0.0950. The summed E-state index contributed by atoms with van der Waals surface area (Å²) < 4.78 is 1.79. The Hall–Kier alpha value is -3.31. The second kappa shape index (κ2) is 7.50. The molecule has 0 saturated carbocycles. The molecule has 2 aromatic heterocycles. The lowest BCUT2D eigenvalue weighted by Crippen LogP contribution is -2.24. The summed E-state index contributed by atoms with van der Waals surface area (Å²) in [4.78, 5) is 12.8. The van der Waals surface area contributed by atoms with Crippen LogP contribution in [0.15, 0.2) is 60.7 Å². The van der Waals surface area contributed by atoms with Crippen molar-refractivity contribution < 1.29 is 4.79 Å². The number of allylic oxidation sites excluding steroid dienone is 1. The van der Waals surface area contributed by atoms with Crippen LogP contribution in [0.3, 0.4) is 0 Å². The lowest BCUT2D eigenvalue weighted by Gasteiger charge is -2.20. The Morgan fingerprint density at radius 1 is 1.07 bits per heavy atom. The van der Waals surface area contributed by atoms with Crippen LogP contribution in [0.2, 0.25) is 5.02 Å². The van der Waals surface area contributed by atoms with Gasteiger partial charge in [-0.25, -0.2) is 4.52 Å². The van der Waals surface area contributed by atoms with Gasteiger partial charge in [-0.15, -0.1) is 10.2 Å². The van der Waals surface area contributed by atoms with Crippen LogP contribution in [0.25, 0.3) is 22.9 Å². The highest BCUT2D eigenvalue weighted by molar-refractivity contribution is 6.30. The maximum absolute atomic E-state index is 12.8. The number of halogens is 1. The van der Waals surface area contributed by atoms with Gasteiger partial charge >= 0.3 is 0 Å². The van der Waals surface area contributed by atoms with E-state index in [1.807, 2.05) is 61.5 Å². The van der Waals surface area contributed by atoms with Crippen LogP contribution in [0.1, 0.15) is 33.9 Å². The fourth-order valence-electron chi connectivity index (χ4n) is 4.04. The number of hydrogen-bond donors (Lipinski definition) is 0. The van der Waals surface area contributed by atoms with Crippen molar-refractivity contribution in [2.45, 2.75) is 19.8 Å². The van der Waals surface area contributed by atoms with Crippen LogP contribution in [0.4, 0.5) is 0 Å². The average molecular weight is 415 g/mol. The van der Waals surface area contributed by atoms with E-state index in [1.54, 1.807) is 4.52 Å². The summed E-state index contributed by atoms with van der Waals surface area (Å²) in [5.74, 6) is 0.0996. The first kappa shape index (κ1) is 18.7. The highest BCUT2D eigenvalue weighted by atomic mass is 35.5. The van der Waals surface area contributed by atoms with Crippen LogP contribution in [-0.4, -0.2) is 25.6 Å². The van der Waals surface area contributed by atoms with E-state index in [1.165, 1.54) is 0 Å². The molecule has 4 aromatic rings. The molecule has 0 spiro atoms. The third-order valence-electron chi connectivity index (χ3n) is 5.45. The zero-order chi connectivity index (χ0) is 20.7. The van der Waals surface area contributed by atoms with Gasteiger partial charge in [0.05, 0.1) is 17.0 Å². The zero-order valence-corrected chi connectivity index (χ0v) is 17.2. The molecule has 6 heteroatoms. The lowest BCUT2D eigenvalue weighted by atomic mass is 9.88. The average Bonchev–Trinajstić information content (AvgIpc) is 3.09. The van der Waals surface area contributed by atoms with Gasteiger partial charge in [-0.1, -0.05) is 66.2 Å². The number of benzene rings is 2. The van der Waals surface area contributed by atoms with Crippen LogP contribution in [0.5, 0.6) is 0 Å². The maximum Gasteiger partial charge on any atom is 0.185 e. The Labute approximate surface area is 179 Å². The van der Waals surface area contributed by atoms with Gasteiger partial charge in [0, 0.05) is 11.4 Å². The number of Topliss-reactive ketones (excluding diaryl/α,β-unsaturated/α-hetero) is 1. The van der Waals surface area contributed by atoms with E-state index in [-0.39, 0.29) is 11.7 Å². The second-order valence-electron chi connectivity index (χ2n) is 7.56. The van der Waals surface area contributed by atoms with Crippen molar-refractivity contribution >= 4 is 29.1 Å². The molecule has 2 heterocycles. The summed E-state index contributed by atoms with van der Waals surface area (Å²) in [6, 6.07) is 17.7. The highest BCUT2D eigenvalue weighted by Gasteiger charge is 2.29. The summed E-state index contributed by atoms with van der Waals surface area (Å²) >= 11 is 6.19. The highest BCUT2D eigenvalue weighted by Crippen LogP contribution is 2.32. The number of aromatic nitrogens is 4. The second-order valence-corrected chi connectivity index (χ2v) is 8.00. The van der Waals surface area contributed by atoms with Crippen LogP contribution in [0, 0.1) is 12.8 Å². The van der Waals surface area contributed by atoms with Gasteiger partial charge in [0.25, 0.3) is 0 Å². The predicted octanol–water partition coefficient (Wildman–Crippen LogP) is 5.21. The largest absolute Gasteiger partial charge is 0.292 e. The van der Waals surface area contributed by atoms with E-state index in [2.05, 4.69) is 22.3 Å². The summed E-state index contributed by atoms with van der Waals surface area (Å²) in [6.45, 7) is 1.94. The molecule has 1 atom stereocenters. The number of carbonyl (C=O) groups is 1. The molecule has 0 fully saturated rings. The topological polar surface area (TPSA) is 60.1 Å². The van der Waals surface area contributed by atoms with Crippen LogP contribution >= 0.6 is 11.6 Å². The fraction of sp³-hybridized carbons (Fsp3) is 0.167. The standard InChI is InChI=1S/C24H19ClN4O/c1-15-22(18-8-5-9-19(25)14-18)24-27-26-23-20(29(24)28-15)12-17(13-21(23)30)11-10-16-6-3-2-4-7-16/h2-11,14,17H,12-13H2,1H3/b11-10+/t17-/m0/s1. The van der Waals surface area contributed by atoms with Crippen molar-refractivity contribution in [3.8, 4) is 11.1 Å². The van der Waals surface area contributed by atoms with E-state index in [9.17, 15) is 4.79 Å². The molecule has 30 heavy (non-hydrogen) atoms. The molecule has 0 N–H and O–H groups in total. The Bertz CT molecular complexity index is 1290. The number of fused-ring (bicyclic) bond motifs is 3. The smallest absolute Gasteiger partial charge is 0.185 e. The Kier molecular flexibility index (Phi) is 4.68. The van der Waals surface area contributed by atoms with Crippen molar-refractivity contribution in [1.29, 1.82) is 0 Å². The molecule has 1 aliphatic carbocycles. The first-order chi connectivity index (χ1) is 14.6. The molecule has 0 bridgehead atoms. The van der Waals surface area contributed by atoms with Gasteiger partial charge in [-0.05, 0) is 42.5 Å². The normalized spacial score (nSPS) is 16.3. The molecule has 0 saturated heterocycles. The zero-order valence-electron chi connectivity index (χ0n) is 16.4. The number of ketones is 1. The van der Waals surface area contributed by atoms with Gasteiger partial charge in [-0.3, -0.25) is 4.79 Å². The number of rotatable bonds is 3. The van der Waals surface area contributed by atoms with E-state index in [4.69, 9.17) is 16.7 Å². The van der Waals surface area contributed by atoms with Gasteiger partial charge in [0.1, 0.15) is 0 Å². The molecule has 2 aromatic carbocycles. The third-order valence-corrected chi connectivity index (χ3v) is 5.69. The molecule has 0 radical (unpaired) electrons. The molecule has 5 nitrogen and oxygen atoms in total. The van der Waals surface area contributed by atoms with Gasteiger partial charge in [-0.2, -0.15) is 5.10 Å². The summed E-state index contributed by atoms with van der Waals surface area (Å²) in [7, 11) is 0.